The summed E-state index contributed by atoms with van der Waals surface area (Å²) in [6, 6.07) is 5.01. The average Bonchev–Trinajstić information content (AvgIpc) is 3.20. The van der Waals surface area contributed by atoms with Crippen LogP contribution in [0.15, 0.2) is 18.2 Å². The van der Waals surface area contributed by atoms with E-state index in [9.17, 15) is 9.18 Å². The normalized spacial score (nSPS) is 29.8. The number of hydrogen-bond donors (Lipinski definition) is 2. The number of benzene rings is 1. The molecule has 4 rings (SSSR count). The molecule has 8 heteroatoms. The number of halogens is 1. The molecule has 0 aromatic heterocycles. The third-order valence-corrected chi connectivity index (χ3v) is 4.88. The largest absolute Gasteiger partial charge is 0.443 e. The fourth-order valence-corrected chi connectivity index (χ4v) is 3.64. The van der Waals surface area contributed by atoms with Crippen LogP contribution >= 0.6 is 0 Å². The first-order chi connectivity index (χ1) is 11.7. The standard InChI is InChI=1S/C16H21FN4O3/c17-12-5-10(21-9-11(6-18)24-16(21)22)1-2-13(12)20-3-4-23-15-8-19-7-14(15)20/h1-2,5,11,14-15,19H,3-4,6-9,18H2. The monoisotopic (exact) mass is 336 g/mol. The van der Waals surface area contributed by atoms with Gasteiger partial charge in [0.1, 0.15) is 11.9 Å². The van der Waals surface area contributed by atoms with Crippen LogP contribution in [0.3, 0.4) is 0 Å². The van der Waals surface area contributed by atoms with E-state index in [4.69, 9.17) is 15.2 Å². The zero-order valence-electron chi connectivity index (χ0n) is 13.3. The minimum absolute atomic E-state index is 0.0942. The molecule has 0 aliphatic carbocycles. The Morgan fingerprint density at radius 1 is 1.38 bits per heavy atom. The molecule has 3 aliphatic rings. The molecule has 0 bridgehead atoms. The lowest BCUT2D eigenvalue weighted by Gasteiger charge is -2.38. The summed E-state index contributed by atoms with van der Waals surface area (Å²) in [6.07, 6.45) is -0.731. The molecule has 3 saturated heterocycles. The van der Waals surface area contributed by atoms with Crippen molar-refractivity contribution in [3.63, 3.8) is 0 Å². The summed E-state index contributed by atoms with van der Waals surface area (Å²) in [7, 11) is 0. The van der Waals surface area contributed by atoms with Gasteiger partial charge in [-0.15, -0.1) is 0 Å². The molecule has 0 saturated carbocycles. The Hall–Kier alpha value is -1.90. The number of carbonyl (C=O) groups is 1. The van der Waals surface area contributed by atoms with Gasteiger partial charge in [-0.1, -0.05) is 0 Å². The number of carbonyl (C=O) groups excluding carboxylic acids is 1. The molecule has 7 nitrogen and oxygen atoms in total. The molecule has 1 aromatic carbocycles. The number of rotatable bonds is 3. The number of nitrogens with zero attached hydrogens (tertiary/aromatic N) is 2. The van der Waals surface area contributed by atoms with E-state index >= 15 is 0 Å². The highest BCUT2D eigenvalue weighted by molar-refractivity contribution is 5.90. The molecule has 1 aromatic rings. The second kappa shape index (κ2) is 6.19. The van der Waals surface area contributed by atoms with Crippen LogP contribution in [0.1, 0.15) is 0 Å². The zero-order valence-corrected chi connectivity index (χ0v) is 13.3. The van der Waals surface area contributed by atoms with Crippen molar-refractivity contribution in [1.29, 1.82) is 0 Å². The number of fused-ring (bicyclic) bond motifs is 1. The van der Waals surface area contributed by atoms with Gasteiger partial charge in [0.2, 0.25) is 0 Å². The first kappa shape index (κ1) is 15.6. The Balaban J connectivity index is 1.57. The van der Waals surface area contributed by atoms with E-state index in [0.29, 0.717) is 31.1 Å². The average molecular weight is 336 g/mol. The van der Waals surface area contributed by atoms with E-state index in [2.05, 4.69) is 10.2 Å². The molecule has 24 heavy (non-hydrogen) atoms. The quantitative estimate of drug-likeness (QED) is 0.826. The van der Waals surface area contributed by atoms with Crippen molar-refractivity contribution in [3.05, 3.63) is 24.0 Å². The summed E-state index contributed by atoms with van der Waals surface area (Å²) < 4.78 is 25.6. The van der Waals surface area contributed by atoms with E-state index < -0.39 is 6.09 Å². The minimum Gasteiger partial charge on any atom is -0.443 e. The molecule has 0 spiro atoms. The summed E-state index contributed by atoms with van der Waals surface area (Å²) in [4.78, 5) is 15.4. The van der Waals surface area contributed by atoms with Crippen LogP contribution in [-0.4, -0.2) is 63.7 Å². The number of hydrogen-bond acceptors (Lipinski definition) is 6. The van der Waals surface area contributed by atoms with Crippen LogP contribution < -0.4 is 20.9 Å². The van der Waals surface area contributed by atoms with Gasteiger partial charge >= 0.3 is 6.09 Å². The maximum absolute atomic E-state index is 14.7. The summed E-state index contributed by atoms with van der Waals surface area (Å²) in [5, 5.41) is 3.29. The van der Waals surface area contributed by atoms with Crippen molar-refractivity contribution in [2.75, 3.05) is 49.1 Å². The van der Waals surface area contributed by atoms with Gasteiger partial charge in [0.05, 0.1) is 36.7 Å². The van der Waals surface area contributed by atoms with E-state index in [0.717, 1.165) is 13.1 Å². The van der Waals surface area contributed by atoms with Crippen molar-refractivity contribution in [2.45, 2.75) is 18.2 Å². The van der Waals surface area contributed by atoms with Gasteiger partial charge in [-0.25, -0.2) is 9.18 Å². The second-order valence-electron chi connectivity index (χ2n) is 6.32. The Bertz CT molecular complexity index is 644. The number of morpholine rings is 1. The highest BCUT2D eigenvalue weighted by Gasteiger charge is 2.37. The van der Waals surface area contributed by atoms with Crippen LogP contribution in [0.2, 0.25) is 0 Å². The maximum Gasteiger partial charge on any atom is 0.414 e. The van der Waals surface area contributed by atoms with Crippen LogP contribution in [0, 0.1) is 5.82 Å². The van der Waals surface area contributed by atoms with E-state index in [-0.39, 0.29) is 30.6 Å². The summed E-state index contributed by atoms with van der Waals surface area (Å²) in [6.45, 7) is 3.41. The van der Waals surface area contributed by atoms with Gasteiger partial charge in [-0.3, -0.25) is 4.90 Å². The lowest BCUT2D eigenvalue weighted by atomic mass is 10.1. The lowest BCUT2D eigenvalue weighted by Crippen LogP contribution is -2.51. The van der Waals surface area contributed by atoms with E-state index in [1.54, 1.807) is 12.1 Å². The lowest BCUT2D eigenvalue weighted by molar-refractivity contribution is 0.0347. The first-order valence-corrected chi connectivity index (χ1v) is 8.24. The summed E-state index contributed by atoms with van der Waals surface area (Å²) in [5.74, 6) is -0.343. The molecular weight excluding hydrogens is 315 g/mol. The number of amides is 1. The van der Waals surface area contributed by atoms with Gasteiger partial charge in [0.25, 0.3) is 0 Å². The maximum atomic E-state index is 14.7. The highest BCUT2D eigenvalue weighted by atomic mass is 19.1. The smallest absolute Gasteiger partial charge is 0.414 e. The number of nitrogens with one attached hydrogen (secondary N) is 1. The molecule has 3 fully saturated rings. The fraction of sp³-hybridized carbons (Fsp3) is 0.562. The molecule has 0 radical (unpaired) electrons. The van der Waals surface area contributed by atoms with Crippen LogP contribution in [0.5, 0.6) is 0 Å². The van der Waals surface area contributed by atoms with E-state index in [1.807, 2.05) is 0 Å². The first-order valence-electron chi connectivity index (χ1n) is 8.24. The molecule has 3 aliphatic heterocycles. The predicted molar refractivity (Wildman–Crippen MR) is 86.8 cm³/mol. The van der Waals surface area contributed by atoms with Crippen molar-refractivity contribution < 1.29 is 18.7 Å². The molecule has 3 N–H and O–H groups in total. The SMILES string of the molecule is NCC1CN(c2ccc(N3CCOC4CNCC43)c(F)c2)C(=O)O1. The zero-order chi connectivity index (χ0) is 16.7. The van der Waals surface area contributed by atoms with Crippen LogP contribution in [0.4, 0.5) is 20.6 Å². The minimum atomic E-state index is -0.482. The molecule has 3 atom stereocenters. The van der Waals surface area contributed by atoms with Gasteiger partial charge in [-0.2, -0.15) is 0 Å². The number of ether oxygens (including phenoxy) is 2. The number of nitrogens with two attached hydrogens (primary N) is 1. The van der Waals surface area contributed by atoms with Crippen molar-refractivity contribution in [3.8, 4) is 0 Å². The van der Waals surface area contributed by atoms with Gasteiger partial charge in [-0.05, 0) is 18.2 Å². The molecule has 3 unspecified atom stereocenters. The number of cyclic esters (lactones) is 1. The Kier molecular flexibility index (Phi) is 4.03. The Labute approximate surface area is 139 Å². The van der Waals surface area contributed by atoms with Crippen LogP contribution in [-0.2, 0) is 9.47 Å². The van der Waals surface area contributed by atoms with Gasteiger partial charge in [0.15, 0.2) is 0 Å². The third-order valence-electron chi connectivity index (χ3n) is 4.88. The Morgan fingerprint density at radius 3 is 3.00 bits per heavy atom. The van der Waals surface area contributed by atoms with E-state index in [1.165, 1.54) is 11.0 Å². The summed E-state index contributed by atoms with van der Waals surface area (Å²) in [5.41, 5.74) is 6.57. The van der Waals surface area contributed by atoms with Gasteiger partial charge < -0.3 is 25.4 Å². The fourth-order valence-electron chi connectivity index (χ4n) is 3.64. The van der Waals surface area contributed by atoms with Crippen molar-refractivity contribution >= 4 is 17.5 Å². The van der Waals surface area contributed by atoms with Crippen molar-refractivity contribution in [2.24, 2.45) is 5.73 Å². The second-order valence-corrected chi connectivity index (χ2v) is 6.32. The molecule has 3 heterocycles. The molecule has 1 amide bonds. The molecule has 130 valence electrons. The van der Waals surface area contributed by atoms with Crippen molar-refractivity contribution in [1.82, 2.24) is 5.32 Å². The summed E-state index contributed by atoms with van der Waals surface area (Å²) >= 11 is 0. The topological polar surface area (TPSA) is 80.1 Å². The van der Waals surface area contributed by atoms with Gasteiger partial charge in [0, 0.05) is 26.2 Å². The molecular formula is C16H21FN4O3. The third kappa shape index (κ3) is 2.60. The Morgan fingerprint density at radius 2 is 2.25 bits per heavy atom. The highest BCUT2D eigenvalue weighted by Crippen LogP contribution is 2.31. The predicted octanol–water partition coefficient (Wildman–Crippen LogP) is 0.287. The number of anilines is 2. The van der Waals surface area contributed by atoms with Crippen LogP contribution in [0.25, 0.3) is 0 Å².